The molecule has 4 heteroatoms. The van der Waals surface area contributed by atoms with Crippen molar-refractivity contribution in [1.82, 2.24) is 5.32 Å². The van der Waals surface area contributed by atoms with E-state index in [1.165, 1.54) is 0 Å². The van der Waals surface area contributed by atoms with Gasteiger partial charge in [0.1, 0.15) is 5.75 Å². The second-order valence-corrected chi connectivity index (χ2v) is 3.24. The molecule has 82 valence electrons. The van der Waals surface area contributed by atoms with Gasteiger partial charge in [0.05, 0.1) is 13.2 Å². The van der Waals surface area contributed by atoms with Gasteiger partial charge in [-0.25, -0.2) is 0 Å². The van der Waals surface area contributed by atoms with E-state index in [4.69, 9.17) is 10.5 Å². The number of hydrogen-bond donors (Lipinski definition) is 2. The van der Waals surface area contributed by atoms with Gasteiger partial charge in [0, 0.05) is 13.5 Å². The summed E-state index contributed by atoms with van der Waals surface area (Å²) in [7, 11) is 3.18. The predicted molar refractivity (Wildman–Crippen MR) is 58.7 cm³/mol. The second kappa shape index (κ2) is 5.36. The highest BCUT2D eigenvalue weighted by molar-refractivity contribution is 5.81. The Morgan fingerprint density at radius 2 is 2.20 bits per heavy atom. The first-order valence-corrected chi connectivity index (χ1v) is 4.78. The summed E-state index contributed by atoms with van der Waals surface area (Å²) in [6.45, 7) is 0. The first-order valence-electron chi connectivity index (χ1n) is 4.78. The molecule has 15 heavy (non-hydrogen) atoms. The van der Waals surface area contributed by atoms with E-state index < -0.39 is 6.04 Å². The smallest absolute Gasteiger partial charge is 0.237 e. The fourth-order valence-electron chi connectivity index (χ4n) is 1.39. The van der Waals surface area contributed by atoms with Gasteiger partial charge in [0.25, 0.3) is 0 Å². The number of ether oxygens (including phenoxy) is 1. The molecule has 1 unspecified atom stereocenters. The molecule has 0 heterocycles. The number of methoxy groups -OCH3 is 1. The van der Waals surface area contributed by atoms with Gasteiger partial charge in [-0.2, -0.15) is 0 Å². The van der Waals surface area contributed by atoms with E-state index in [0.717, 1.165) is 11.3 Å². The quantitative estimate of drug-likeness (QED) is 0.748. The Balaban J connectivity index is 2.75. The monoisotopic (exact) mass is 208 g/mol. The lowest BCUT2D eigenvalue weighted by molar-refractivity contribution is -0.121. The molecular formula is C11H16N2O2. The number of rotatable bonds is 4. The number of nitrogens with one attached hydrogen (secondary N) is 1. The van der Waals surface area contributed by atoms with E-state index in [1.807, 2.05) is 24.3 Å². The number of carbonyl (C=O) groups is 1. The molecule has 0 radical (unpaired) electrons. The van der Waals surface area contributed by atoms with Crippen LogP contribution in [0.3, 0.4) is 0 Å². The average molecular weight is 208 g/mol. The predicted octanol–water partition coefficient (Wildman–Crippen LogP) is 0.311. The van der Waals surface area contributed by atoms with E-state index in [0.29, 0.717) is 6.42 Å². The van der Waals surface area contributed by atoms with Crippen molar-refractivity contribution in [3.05, 3.63) is 29.8 Å². The highest BCUT2D eigenvalue weighted by Crippen LogP contribution is 2.18. The molecule has 0 saturated carbocycles. The third-order valence-electron chi connectivity index (χ3n) is 2.22. The molecule has 0 spiro atoms. The zero-order chi connectivity index (χ0) is 11.3. The Hall–Kier alpha value is -1.55. The summed E-state index contributed by atoms with van der Waals surface area (Å²) in [4.78, 5) is 11.2. The summed E-state index contributed by atoms with van der Waals surface area (Å²) in [5.41, 5.74) is 6.66. The van der Waals surface area contributed by atoms with E-state index in [9.17, 15) is 4.79 Å². The minimum atomic E-state index is -0.536. The van der Waals surface area contributed by atoms with Gasteiger partial charge >= 0.3 is 0 Å². The van der Waals surface area contributed by atoms with E-state index in [2.05, 4.69) is 5.32 Å². The van der Waals surface area contributed by atoms with Crippen LogP contribution in [0, 0.1) is 0 Å². The summed E-state index contributed by atoms with van der Waals surface area (Å²) in [6, 6.07) is 7.00. The summed E-state index contributed by atoms with van der Waals surface area (Å²) >= 11 is 0. The van der Waals surface area contributed by atoms with Crippen LogP contribution < -0.4 is 15.8 Å². The molecule has 1 aromatic carbocycles. The van der Waals surface area contributed by atoms with Crippen molar-refractivity contribution in [3.63, 3.8) is 0 Å². The Morgan fingerprint density at radius 3 is 2.80 bits per heavy atom. The van der Waals surface area contributed by atoms with Gasteiger partial charge in [0.2, 0.25) is 5.91 Å². The minimum Gasteiger partial charge on any atom is -0.496 e. The molecule has 1 amide bonds. The molecule has 4 nitrogen and oxygen atoms in total. The van der Waals surface area contributed by atoms with E-state index >= 15 is 0 Å². The minimum absolute atomic E-state index is 0.166. The number of likely N-dealkylation sites (N-methyl/N-ethyl adjacent to an activating group) is 1. The molecule has 0 aliphatic rings. The zero-order valence-corrected chi connectivity index (χ0v) is 8.99. The van der Waals surface area contributed by atoms with Gasteiger partial charge in [-0.3, -0.25) is 4.79 Å². The molecule has 0 bridgehead atoms. The van der Waals surface area contributed by atoms with Crippen LogP contribution in [0.2, 0.25) is 0 Å². The van der Waals surface area contributed by atoms with E-state index in [-0.39, 0.29) is 5.91 Å². The lowest BCUT2D eigenvalue weighted by atomic mass is 10.1. The lowest BCUT2D eigenvalue weighted by Crippen LogP contribution is -2.40. The van der Waals surface area contributed by atoms with Crippen molar-refractivity contribution in [3.8, 4) is 5.75 Å². The molecule has 0 saturated heterocycles. The third kappa shape index (κ3) is 2.95. The van der Waals surface area contributed by atoms with Gasteiger partial charge in [-0.05, 0) is 11.6 Å². The topological polar surface area (TPSA) is 64.4 Å². The van der Waals surface area contributed by atoms with Crippen molar-refractivity contribution >= 4 is 5.91 Å². The van der Waals surface area contributed by atoms with Crippen LogP contribution >= 0.6 is 0 Å². The normalized spacial score (nSPS) is 11.9. The molecule has 1 atom stereocenters. The molecular weight excluding hydrogens is 192 g/mol. The first-order chi connectivity index (χ1) is 7.19. The summed E-state index contributed by atoms with van der Waals surface area (Å²) in [5.74, 6) is 0.595. The second-order valence-electron chi connectivity index (χ2n) is 3.24. The number of benzene rings is 1. The maximum absolute atomic E-state index is 11.2. The molecule has 0 aliphatic carbocycles. The number of para-hydroxylation sites is 1. The van der Waals surface area contributed by atoms with Crippen LogP contribution in [-0.2, 0) is 11.2 Å². The molecule has 1 rings (SSSR count). The standard InChI is InChI=1S/C11H16N2O2/c1-13-11(14)9(12)7-8-5-3-4-6-10(8)15-2/h3-6,9H,7,12H2,1-2H3,(H,13,14). The van der Waals surface area contributed by atoms with Gasteiger partial charge in [0.15, 0.2) is 0 Å². The molecule has 0 fully saturated rings. The summed E-state index contributed by atoms with van der Waals surface area (Å²) < 4.78 is 5.17. The number of carbonyl (C=O) groups excluding carboxylic acids is 1. The summed E-state index contributed by atoms with van der Waals surface area (Å²) in [6.07, 6.45) is 0.476. The Morgan fingerprint density at radius 1 is 1.53 bits per heavy atom. The van der Waals surface area contributed by atoms with Crippen LogP contribution in [0.4, 0.5) is 0 Å². The van der Waals surface area contributed by atoms with Gasteiger partial charge in [-0.1, -0.05) is 18.2 Å². The maximum Gasteiger partial charge on any atom is 0.237 e. The van der Waals surface area contributed by atoms with Crippen LogP contribution in [0.15, 0.2) is 24.3 Å². The average Bonchev–Trinajstić information content (AvgIpc) is 2.28. The van der Waals surface area contributed by atoms with Crippen molar-refractivity contribution < 1.29 is 9.53 Å². The molecule has 0 aromatic heterocycles. The van der Waals surface area contributed by atoms with Crippen molar-refractivity contribution in [2.45, 2.75) is 12.5 Å². The van der Waals surface area contributed by atoms with Crippen molar-refractivity contribution in [1.29, 1.82) is 0 Å². The highest BCUT2D eigenvalue weighted by atomic mass is 16.5. The van der Waals surface area contributed by atoms with E-state index in [1.54, 1.807) is 14.2 Å². The zero-order valence-electron chi connectivity index (χ0n) is 8.99. The van der Waals surface area contributed by atoms with Gasteiger partial charge < -0.3 is 15.8 Å². The highest BCUT2D eigenvalue weighted by Gasteiger charge is 2.14. The number of hydrogen-bond acceptors (Lipinski definition) is 3. The molecule has 0 aliphatic heterocycles. The lowest BCUT2D eigenvalue weighted by Gasteiger charge is -2.12. The Labute approximate surface area is 89.4 Å². The maximum atomic E-state index is 11.2. The van der Waals surface area contributed by atoms with Crippen LogP contribution in [0.5, 0.6) is 5.75 Å². The molecule has 1 aromatic rings. The van der Waals surface area contributed by atoms with Crippen LogP contribution in [0.25, 0.3) is 0 Å². The largest absolute Gasteiger partial charge is 0.496 e. The Bertz CT molecular complexity index is 339. The van der Waals surface area contributed by atoms with Crippen LogP contribution in [0.1, 0.15) is 5.56 Å². The Kier molecular flexibility index (Phi) is 4.12. The number of nitrogens with two attached hydrogens (primary N) is 1. The van der Waals surface area contributed by atoms with Crippen LogP contribution in [-0.4, -0.2) is 26.1 Å². The molecule has 3 N–H and O–H groups in total. The fourth-order valence-corrected chi connectivity index (χ4v) is 1.39. The number of amides is 1. The first kappa shape index (κ1) is 11.5. The SMILES string of the molecule is CNC(=O)C(N)Cc1ccccc1OC. The fraction of sp³-hybridized carbons (Fsp3) is 0.364. The summed E-state index contributed by atoms with van der Waals surface area (Å²) in [5, 5.41) is 2.52. The van der Waals surface area contributed by atoms with Crippen molar-refractivity contribution in [2.75, 3.05) is 14.2 Å². The van der Waals surface area contributed by atoms with Gasteiger partial charge in [-0.15, -0.1) is 0 Å². The third-order valence-corrected chi connectivity index (χ3v) is 2.22. The van der Waals surface area contributed by atoms with Crippen molar-refractivity contribution in [2.24, 2.45) is 5.73 Å².